The van der Waals surface area contributed by atoms with Crippen LogP contribution in [0.4, 0.5) is 0 Å². The summed E-state index contributed by atoms with van der Waals surface area (Å²) in [6, 6.07) is 8.86. The van der Waals surface area contributed by atoms with Gasteiger partial charge in [0.05, 0.1) is 17.2 Å². The number of fused-ring (bicyclic) bond motifs is 1. The summed E-state index contributed by atoms with van der Waals surface area (Å²) >= 11 is 12.1. The van der Waals surface area contributed by atoms with Gasteiger partial charge in [-0.15, -0.1) is 0 Å². The maximum atomic E-state index is 12.6. The third kappa shape index (κ3) is 4.09. The van der Waals surface area contributed by atoms with Crippen molar-refractivity contribution in [2.24, 2.45) is 0 Å². The third-order valence-electron chi connectivity index (χ3n) is 4.44. The molecule has 2 aromatic carbocycles. The molecule has 3 rings (SSSR count). The van der Waals surface area contributed by atoms with Crippen LogP contribution in [0.2, 0.25) is 10.0 Å². The quantitative estimate of drug-likeness (QED) is 0.603. The van der Waals surface area contributed by atoms with Gasteiger partial charge in [-0.2, -0.15) is 0 Å². The summed E-state index contributed by atoms with van der Waals surface area (Å²) in [7, 11) is -2.36. The fraction of sp³-hybridized carbons (Fsp3) is 0.263. The number of sulfonamides is 1. The van der Waals surface area contributed by atoms with E-state index in [-0.39, 0.29) is 21.5 Å². The molecule has 0 atom stereocenters. The Balaban J connectivity index is 1.80. The predicted octanol–water partition coefficient (Wildman–Crippen LogP) is 4.62. The van der Waals surface area contributed by atoms with Crippen molar-refractivity contribution >= 4 is 44.1 Å². The molecule has 1 heterocycles. The highest BCUT2D eigenvalue weighted by molar-refractivity contribution is 7.89. The van der Waals surface area contributed by atoms with Crippen molar-refractivity contribution in [2.45, 2.75) is 25.2 Å². The van der Waals surface area contributed by atoms with Crippen molar-refractivity contribution in [1.82, 2.24) is 9.71 Å². The van der Waals surface area contributed by atoms with Gasteiger partial charge in [0.15, 0.2) is 0 Å². The van der Waals surface area contributed by atoms with Crippen molar-refractivity contribution in [3.8, 4) is 5.75 Å². The van der Waals surface area contributed by atoms with Gasteiger partial charge >= 0.3 is 0 Å². The monoisotopic (exact) mass is 426 g/mol. The van der Waals surface area contributed by atoms with Crippen LogP contribution < -0.4 is 9.46 Å². The second kappa shape index (κ2) is 7.72. The molecule has 5 nitrogen and oxygen atoms in total. The standard InChI is InChI=1S/C19H20Cl2N2O3S/c1-11-4-5-17-14(8-11)13(12(2)23-17)6-7-22-27(24,25)19-10-15(20)18(26-3)9-16(19)21/h4-5,8-10,22-23H,6-7H2,1-3H3. The molecule has 8 heteroatoms. The zero-order valence-corrected chi connectivity index (χ0v) is 17.5. The minimum absolute atomic E-state index is 0.0580. The molecule has 0 aliphatic rings. The van der Waals surface area contributed by atoms with E-state index in [1.165, 1.54) is 19.2 Å². The number of H-pyrrole nitrogens is 1. The molecule has 3 aromatic rings. The summed E-state index contributed by atoms with van der Waals surface area (Å²) in [5.74, 6) is 0.324. The topological polar surface area (TPSA) is 71.2 Å². The highest BCUT2D eigenvalue weighted by Crippen LogP contribution is 2.33. The Labute approximate surface area is 168 Å². The Hall–Kier alpha value is -1.73. The van der Waals surface area contributed by atoms with E-state index in [1.807, 2.05) is 26.0 Å². The minimum Gasteiger partial charge on any atom is -0.495 e. The average Bonchev–Trinajstić information content (AvgIpc) is 2.91. The van der Waals surface area contributed by atoms with E-state index in [0.717, 1.165) is 27.7 Å². The highest BCUT2D eigenvalue weighted by Gasteiger charge is 2.20. The Kier molecular flexibility index (Phi) is 5.72. The second-order valence-electron chi connectivity index (χ2n) is 6.34. The fourth-order valence-electron chi connectivity index (χ4n) is 3.08. The first-order chi connectivity index (χ1) is 12.7. The smallest absolute Gasteiger partial charge is 0.242 e. The van der Waals surface area contributed by atoms with Crippen molar-refractivity contribution in [3.05, 3.63) is 57.2 Å². The Morgan fingerprint density at radius 2 is 1.85 bits per heavy atom. The summed E-state index contributed by atoms with van der Waals surface area (Å²) < 4.78 is 32.9. The van der Waals surface area contributed by atoms with Gasteiger partial charge in [0.2, 0.25) is 10.0 Å². The first-order valence-electron chi connectivity index (χ1n) is 8.33. The number of benzene rings is 2. The number of ether oxygens (including phenoxy) is 1. The highest BCUT2D eigenvalue weighted by atomic mass is 35.5. The van der Waals surface area contributed by atoms with Gasteiger partial charge in [-0.05, 0) is 44.0 Å². The Morgan fingerprint density at radius 3 is 2.56 bits per heavy atom. The molecule has 0 saturated heterocycles. The van der Waals surface area contributed by atoms with Crippen molar-refractivity contribution in [1.29, 1.82) is 0 Å². The molecule has 0 aliphatic carbocycles. The van der Waals surface area contributed by atoms with Crippen LogP contribution in [0, 0.1) is 13.8 Å². The van der Waals surface area contributed by atoms with E-state index >= 15 is 0 Å². The van der Waals surface area contributed by atoms with Gasteiger partial charge in [0, 0.05) is 29.2 Å². The van der Waals surface area contributed by atoms with Gasteiger partial charge in [0.25, 0.3) is 0 Å². The van der Waals surface area contributed by atoms with Crippen LogP contribution in [0.15, 0.2) is 35.2 Å². The van der Waals surface area contributed by atoms with Gasteiger partial charge in [-0.25, -0.2) is 13.1 Å². The number of aromatic amines is 1. The molecule has 0 amide bonds. The van der Waals surface area contributed by atoms with Crippen LogP contribution in [0.5, 0.6) is 5.75 Å². The molecule has 144 valence electrons. The van der Waals surface area contributed by atoms with Crippen LogP contribution in [0.25, 0.3) is 10.9 Å². The number of nitrogens with one attached hydrogen (secondary N) is 2. The normalized spacial score (nSPS) is 11.9. The fourth-order valence-corrected chi connectivity index (χ4v) is 4.96. The molecule has 0 spiro atoms. The first kappa shape index (κ1) is 20.0. The summed E-state index contributed by atoms with van der Waals surface area (Å²) in [5.41, 5.74) is 4.32. The van der Waals surface area contributed by atoms with Gasteiger partial charge in [-0.1, -0.05) is 34.8 Å². The maximum absolute atomic E-state index is 12.6. The van der Waals surface area contributed by atoms with E-state index in [4.69, 9.17) is 27.9 Å². The van der Waals surface area contributed by atoms with Crippen LogP contribution in [0.1, 0.15) is 16.8 Å². The molecular weight excluding hydrogens is 407 g/mol. The lowest BCUT2D eigenvalue weighted by atomic mass is 10.1. The van der Waals surface area contributed by atoms with Crippen LogP contribution in [-0.4, -0.2) is 27.1 Å². The number of halogens is 2. The summed E-state index contributed by atoms with van der Waals surface area (Å²) in [5, 5.41) is 1.35. The number of hydrogen-bond acceptors (Lipinski definition) is 3. The predicted molar refractivity (Wildman–Crippen MR) is 110 cm³/mol. The molecule has 0 bridgehead atoms. The van der Waals surface area contributed by atoms with Gasteiger partial charge in [0.1, 0.15) is 10.6 Å². The van der Waals surface area contributed by atoms with E-state index in [9.17, 15) is 8.42 Å². The average molecular weight is 427 g/mol. The van der Waals surface area contributed by atoms with E-state index in [0.29, 0.717) is 12.2 Å². The Bertz CT molecular complexity index is 1110. The molecule has 0 saturated carbocycles. The van der Waals surface area contributed by atoms with Crippen molar-refractivity contribution < 1.29 is 13.2 Å². The number of methoxy groups -OCH3 is 1. The minimum atomic E-state index is -3.80. The van der Waals surface area contributed by atoms with Gasteiger partial charge < -0.3 is 9.72 Å². The molecule has 0 radical (unpaired) electrons. The Morgan fingerprint density at radius 1 is 1.11 bits per heavy atom. The van der Waals surface area contributed by atoms with Crippen molar-refractivity contribution in [2.75, 3.05) is 13.7 Å². The van der Waals surface area contributed by atoms with Crippen LogP contribution in [-0.2, 0) is 16.4 Å². The summed E-state index contributed by atoms with van der Waals surface area (Å²) in [4.78, 5) is 3.27. The number of rotatable bonds is 6. The zero-order valence-electron chi connectivity index (χ0n) is 15.2. The summed E-state index contributed by atoms with van der Waals surface area (Å²) in [6.07, 6.45) is 0.552. The summed E-state index contributed by atoms with van der Waals surface area (Å²) in [6.45, 7) is 4.26. The lowest BCUT2D eigenvalue weighted by Gasteiger charge is -2.11. The molecule has 2 N–H and O–H groups in total. The third-order valence-corrected chi connectivity index (χ3v) is 6.66. The molecule has 1 aromatic heterocycles. The largest absolute Gasteiger partial charge is 0.495 e. The van der Waals surface area contributed by atoms with E-state index in [2.05, 4.69) is 15.8 Å². The van der Waals surface area contributed by atoms with Crippen LogP contribution >= 0.6 is 23.2 Å². The van der Waals surface area contributed by atoms with Gasteiger partial charge in [-0.3, -0.25) is 0 Å². The first-order valence-corrected chi connectivity index (χ1v) is 10.6. The molecule has 0 unspecified atom stereocenters. The molecule has 0 fully saturated rings. The zero-order chi connectivity index (χ0) is 19.8. The molecular formula is C19H20Cl2N2O3S. The lowest BCUT2D eigenvalue weighted by molar-refractivity contribution is 0.414. The molecule has 0 aliphatic heterocycles. The number of hydrogen-bond donors (Lipinski definition) is 2. The van der Waals surface area contributed by atoms with Crippen LogP contribution in [0.3, 0.4) is 0 Å². The lowest BCUT2D eigenvalue weighted by Crippen LogP contribution is -2.26. The molecule has 27 heavy (non-hydrogen) atoms. The van der Waals surface area contributed by atoms with E-state index in [1.54, 1.807) is 0 Å². The maximum Gasteiger partial charge on any atom is 0.242 e. The van der Waals surface area contributed by atoms with E-state index < -0.39 is 10.0 Å². The number of aryl methyl sites for hydroxylation is 2. The van der Waals surface area contributed by atoms with Crippen molar-refractivity contribution in [3.63, 3.8) is 0 Å². The number of aromatic nitrogens is 1. The SMILES string of the molecule is COc1cc(Cl)c(S(=O)(=O)NCCc2c(C)[nH]c3ccc(C)cc23)cc1Cl. The second-order valence-corrected chi connectivity index (χ2v) is 8.89.